The molecule has 0 radical (unpaired) electrons. The van der Waals surface area contributed by atoms with Crippen molar-refractivity contribution in [3.05, 3.63) is 24.8 Å². The van der Waals surface area contributed by atoms with Crippen molar-refractivity contribution in [1.29, 1.82) is 0 Å². The van der Waals surface area contributed by atoms with Gasteiger partial charge in [-0.2, -0.15) is 0 Å². The Morgan fingerprint density at radius 3 is 2.83 bits per heavy atom. The molecule has 24 heavy (non-hydrogen) atoms. The van der Waals surface area contributed by atoms with Crippen LogP contribution in [0.4, 0.5) is 5.00 Å². The zero-order valence-corrected chi connectivity index (χ0v) is 15.9. The van der Waals surface area contributed by atoms with E-state index in [0.29, 0.717) is 26.0 Å². The van der Waals surface area contributed by atoms with E-state index in [1.807, 2.05) is 0 Å². The molecule has 1 aliphatic carbocycles. The SMILES string of the molecule is CCOC(=O)c1c(/N=C/c2sc(=S)n(C)c2O)sc2c1CCCC2. The molecule has 5 nitrogen and oxygen atoms in total. The molecule has 0 atom stereocenters. The van der Waals surface area contributed by atoms with Crippen LogP contribution in [0.2, 0.25) is 0 Å². The van der Waals surface area contributed by atoms with E-state index in [-0.39, 0.29) is 11.8 Å². The van der Waals surface area contributed by atoms with Crippen LogP contribution >= 0.6 is 34.9 Å². The lowest BCUT2D eigenvalue weighted by molar-refractivity contribution is 0.0526. The lowest BCUT2D eigenvalue weighted by Crippen LogP contribution is -2.09. The Bertz CT molecular complexity index is 861. The van der Waals surface area contributed by atoms with Gasteiger partial charge in [0.05, 0.1) is 18.4 Å². The number of carbonyl (C=O) groups is 1. The predicted molar refractivity (Wildman–Crippen MR) is 100.0 cm³/mol. The van der Waals surface area contributed by atoms with Crippen LogP contribution in [0, 0.1) is 3.95 Å². The number of ether oxygens (including phenoxy) is 1. The molecule has 0 saturated carbocycles. The summed E-state index contributed by atoms with van der Waals surface area (Å²) in [5.74, 6) is -0.221. The normalized spacial score (nSPS) is 14.1. The second-order valence-electron chi connectivity index (χ2n) is 5.48. The minimum absolute atomic E-state index is 0.0905. The summed E-state index contributed by atoms with van der Waals surface area (Å²) in [5, 5.41) is 10.7. The molecule has 0 bridgehead atoms. The van der Waals surface area contributed by atoms with E-state index in [0.717, 1.165) is 31.2 Å². The molecular weight excluding hydrogens is 364 g/mol. The van der Waals surface area contributed by atoms with Crippen LogP contribution < -0.4 is 0 Å². The molecule has 0 aliphatic heterocycles. The average molecular weight is 383 g/mol. The summed E-state index contributed by atoms with van der Waals surface area (Å²) < 4.78 is 7.33. The number of thiophene rings is 1. The molecule has 0 unspecified atom stereocenters. The third-order valence-corrected chi connectivity index (χ3v) is 6.62. The highest BCUT2D eigenvalue weighted by atomic mass is 32.1. The largest absolute Gasteiger partial charge is 0.493 e. The van der Waals surface area contributed by atoms with E-state index in [2.05, 4.69) is 4.99 Å². The van der Waals surface area contributed by atoms with Crippen LogP contribution in [-0.4, -0.2) is 28.5 Å². The van der Waals surface area contributed by atoms with Gasteiger partial charge < -0.3 is 9.84 Å². The fourth-order valence-corrected chi connectivity index (χ4v) is 5.04. The molecule has 0 fully saturated rings. The van der Waals surface area contributed by atoms with Crippen LogP contribution in [-0.2, 0) is 24.6 Å². The van der Waals surface area contributed by atoms with Gasteiger partial charge in [0.15, 0.2) is 3.95 Å². The molecule has 1 N–H and O–H groups in total. The van der Waals surface area contributed by atoms with Gasteiger partial charge in [-0.25, -0.2) is 9.79 Å². The summed E-state index contributed by atoms with van der Waals surface area (Å²) in [4.78, 5) is 18.7. The molecule has 2 aromatic heterocycles. The van der Waals surface area contributed by atoms with E-state index >= 15 is 0 Å². The number of aliphatic imine (C=N–C) groups is 1. The third-order valence-electron chi connectivity index (χ3n) is 3.94. The Labute approximate surface area is 153 Å². The van der Waals surface area contributed by atoms with Gasteiger partial charge in [-0.05, 0) is 50.4 Å². The number of hydrogen-bond acceptors (Lipinski definition) is 7. The Kier molecular flexibility index (Phi) is 5.17. The van der Waals surface area contributed by atoms with E-state index in [4.69, 9.17) is 17.0 Å². The highest BCUT2D eigenvalue weighted by Crippen LogP contribution is 2.40. The predicted octanol–water partition coefficient (Wildman–Crippen LogP) is 4.39. The van der Waals surface area contributed by atoms with Crippen molar-refractivity contribution in [2.24, 2.45) is 12.0 Å². The minimum Gasteiger partial charge on any atom is -0.493 e. The van der Waals surface area contributed by atoms with Gasteiger partial charge in [0.25, 0.3) is 0 Å². The zero-order valence-electron chi connectivity index (χ0n) is 13.5. The highest BCUT2D eigenvalue weighted by molar-refractivity contribution is 7.73. The first-order chi connectivity index (χ1) is 11.5. The van der Waals surface area contributed by atoms with Crippen LogP contribution in [0.3, 0.4) is 0 Å². The summed E-state index contributed by atoms with van der Waals surface area (Å²) in [6.45, 7) is 2.14. The van der Waals surface area contributed by atoms with Gasteiger partial charge in [0, 0.05) is 11.9 Å². The maximum Gasteiger partial charge on any atom is 0.341 e. The van der Waals surface area contributed by atoms with E-state index in [1.54, 1.807) is 31.5 Å². The van der Waals surface area contributed by atoms with Gasteiger partial charge in [-0.1, -0.05) is 11.3 Å². The van der Waals surface area contributed by atoms with Gasteiger partial charge >= 0.3 is 5.97 Å². The number of aromatic nitrogens is 1. The third kappa shape index (κ3) is 3.18. The zero-order chi connectivity index (χ0) is 17.3. The van der Waals surface area contributed by atoms with E-state index in [9.17, 15) is 9.90 Å². The summed E-state index contributed by atoms with van der Waals surface area (Å²) >= 11 is 7.98. The fraction of sp³-hybridized carbons (Fsp3) is 0.438. The van der Waals surface area contributed by atoms with Crippen molar-refractivity contribution in [3.63, 3.8) is 0 Å². The lowest BCUT2D eigenvalue weighted by Gasteiger charge is -2.11. The van der Waals surface area contributed by atoms with Crippen molar-refractivity contribution in [1.82, 2.24) is 4.57 Å². The number of nitrogens with zero attached hydrogens (tertiary/aromatic N) is 2. The monoisotopic (exact) mass is 382 g/mol. The molecule has 128 valence electrons. The lowest BCUT2D eigenvalue weighted by atomic mass is 9.95. The number of hydrogen-bond donors (Lipinski definition) is 1. The van der Waals surface area contributed by atoms with Gasteiger partial charge in [0.2, 0.25) is 5.88 Å². The quantitative estimate of drug-likeness (QED) is 0.484. The summed E-state index contributed by atoms with van der Waals surface area (Å²) in [5.41, 5.74) is 1.67. The van der Waals surface area contributed by atoms with Gasteiger partial charge in [0.1, 0.15) is 9.88 Å². The summed E-state index contributed by atoms with van der Waals surface area (Å²) in [6.07, 6.45) is 5.68. The maximum atomic E-state index is 12.4. The van der Waals surface area contributed by atoms with Crippen molar-refractivity contribution in [2.45, 2.75) is 32.6 Å². The number of rotatable bonds is 4. The number of fused-ring (bicyclic) bond motifs is 1. The Morgan fingerprint density at radius 1 is 1.42 bits per heavy atom. The second-order valence-corrected chi connectivity index (χ2v) is 8.24. The van der Waals surface area contributed by atoms with Crippen molar-refractivity contribution < 1.29 is 14.6 Å². The molecule has 3 rings (SSSR count). The Balaban J connectivity index is 2.02. The molecule has 0 amide bonds. The average Bonchev–Trinajstić information content (AvgIpc) is 3.06. The summed E-state index contributed by atoms with van der Waals surface area (Å²) in [6, 6.07) is 0. The van der Waals surface area contributed by atoms with Crippen LogP contribution in [0.5, 0.6) is 5.88 Å². The minimum atomic E-state index is -0.311. The van der Waals surface area contributed by atoms with E-state index in [1.165, 1.54) is 20.8 Å². The molecule has 0 aromatic carbocycles. The first kappa shape index (κ1) is 17.3. The van der Waals surface area contributed by atoms with Gasteiger partial charge in [-0.15, -0.1) is 11.3 Å². The Hall–Kier alpha value is -1.51. The second kappa shape index (κ2) is 7.16. The molecule has 8 heteroatoms. The molecule has 2 aromatic rings. The number of aryl methyl sites for hydroxylation is 1. The first-order valence-electron chi connectivity index (χ1n) is 7.77. The van der Waals surface area contributed by atoms with Crippen LogP contribution in [0.25, 0.3) is 0 Å². The molecule has 0 spiro atoms. The van der Waals surface area contributed by atoms with Crippen LogP contribution in [0.15, 0.2) is 4.99 Å². The van der Waals surface area contributed by atoms with Crippen LogP contribution in [0.1, 0.15) is 45.4 Å². The standard InChI is InChI=1S/C16H18N2O3S3/c1-3-21-15(20)12-9-6-4-5-7-10(9)23-13(12)17-8-11-14(19)18(2)16(22)24-11/h8,19H,3-7H2,1-2H3/b17-8+. The van der Waals surface area contributed by atoms with Crippen molar-refractivity contribution >= 4 is 52.1 Å². The molecule has 0 saturated heterocycles. The number of carbonyl (C=O) groups excluding carboxylic acids is 1. The maximum absolute atomic E-state index is 12.4. The van der Waals surface area contributed by atoms with Crippen molar-refractivity contribution in [2.75, 3.05) is 6.61 Å². The Morgan fingerprint density at radius 2 is 2.17 bits per heavy atom. The molecule has 2 heterocycles. The van der Waals surface area contributed by atoms with Crippen molar-refractivity contribution in [3.8, 4) is 5.88 Å². The fourth-order valence-electron chi connectivity index (χ4n) is 2.72. The molecule has 1 aliphatic rings. The first-order valence-corrected chi connectivity index (χ1v) is 9.81. The summed E-state index contributed by atoms with van der Waals surface area (Å²) in [7, 11) is 1.71. The number of aromatic hydroxyl groups is 1. The van der Waals surface area contributed by atoms with E-state index < -0.39 is 0 Å². The number of thiazole rings is 1. The molecular formula is C16H18N2O3S3. The topological polar surface area (TPSA) is 63.8 Å². The smallest absolute Gasteiger partial charge is 0.341 e. The van der Waals surface area contributed by atoms with Gasteiger partial charge in [-0.3, -0.25) is 4.57 Å². The highest BCUT2D eigenvalue weighted by Gasteiger charge is 2.26. The number of esters is 1.